The van der Waals surface area contributed by atoms with Gasteiger partial charge in [0, 0.05) is 26.1 Å². The maximum Gasteiger partial charge on any atom is 0.332 e. The van der Waals surface area contributed by atoms with Gasteiger partial charge in [0.25, 0.3) is 5.91 Å². The molecule has 2 atom stereocenters. The highest BCUT2D eigenvalue weighted by molar-refractivity contribution is 6.21. The zero-order chi connectivity index (χ0) is 14.3. The topological polar surface area (TPSA) is 59.1 Å². The van der Waals surface area contributed by atoms with Crippen LogP contribution in [0.5, 0.6) is 5.75 Å². The van der Waals surface area contributed by atoms with Gasteiger partial charge >= 0.3 is 6.03 Å². The molecule has 0 aliphatic carbocycles. The molecule has 3 rings (SSSR count). The number of amides is 3. The first-order chi connectivity index (χ1) is 9.65. The van der Waals surface area contributed by atoms with Gasteiger partial charge in [0.05, 0.1) is 18.9 Å². The first kappa shape index (κ1) is 12.9. The van der Waals surface area contributed by atoms with Crippen molar-refractivity contribution in [2.45, 2.75) is 18.6 Å². The van der Waals surface area contributed by atoms with Gasteiger partial charge in [-0.1, -0.05) is 6.07 Å². The summed E-state index contributed by atoms with van der Waals surface area (Å²) in [6.45, 7) is 0.464. The Kier molecular flexibility index (Phi) is 3.10. The van der Waals surface area contributed by atoms with Crippen LogP contribution in [-0.4, -0.2) is 49.7 Å². The molecular formula is C14H16N2O4. The molecule has 20 heavy (non-hydrogen) atoms. The molecule has 2 fully saturated rings. The number of imide groups is 1. The average molecular weight is 276 g/mol. The lowest BCUT2D eigenvalue weighted by Gasteiger charge is -2.17. The summed E-state index contributed by atoms with van der Waals surface area (Å²) in [6.07, 6.45) is 0.502. The number of carbonyl (C=O) groups excluding carboxylic acids is 2. The largest absolute Gasteiger partial charge is 0.497 e. The number of benzene rings is 1. The summed E-state index contributed by atoms with van der Waals surface area (Å²) in [6, 6.07) is 6.26. The molecular weight excluding hydrogens is 260 g/mol. The Labute approximate surface area is 116 Å². The second kappa shape index (κ2) is 4.79. The predicted molar refractivity (Wildman–Crippen MR) is 71.8 cm³/mol. The number of nitrogens with zero attached hydrogens (tertiary/aromatic N) is 2. The van der Waals surface area contributed by atoms with Gasteiger partial charge in [0.1, 0.15) is 11.8 Å². The number of anilines is 1. The van der Waals surface area contributed by atoms with Gasteiger partial charge in [0.15, 0.2) is 0 Å². The fraction of sp³-hybridized carbons (Fsp3) is 0.429. The second-order valence-electron chi connectivity index (χ2n) is 4.92. The number of ether oxygens (including phenoxy) is 2. The summed E-state index contributed by atoms with van der Waals surface area (Å²) in [5, 5.41) is 0. The summed E-state index contributed by atoms with van der Waals surface area (Å²) in [5.74, 6) is 0.424. The molecule has 3 amide bonds. The van der Waals surface area contributed by atoms with Crippen molar-refractivity contribution in [2.75, 3.05) is 25.7 Å². The lowest BCUT2D eigenvalue weighted by molar-refractivity contribution is -0.119. The minimum atomic E-state index is -0.404. The molecule has 0 saturated carbocycles. The van der Waals surface area contributed by atoms with Crippen molar-refractivity contribution in [1.82, 2.24) is 4.90 Å². The van der Waals surface area contributed by atoms with Crippen LogP contribution in [0.25, 0.3) is 0 Å². The quantitative estimate of drug-likeness (QED) is 0.780. The van der Waals surface area contributed by atoms with E-state index in [4.69, 9.17) is 9.47 Å². The number of rotatable bonds is 3. The molecule has 2 unspecified atom stereocenters. The van der Waals surface area contributed by atoms with Crippen LogP contribution in [0, 0.1) is 0 Å². The minimum Gasteiger partial charge on any atom is -0.497 e. The number of hydrogen-bond donors (Lipinski definition) is 0. The third-order valence-electron chi connectivity index (χ3n) is 3.85. The Morgan fingerprint density at radius 3 is 2.70 bits per heavy atom. The first-order valence-electron chi connectivity index (χ1n) is 6.47. The second-order valence-corrected chi connectivity index (χ2v) is 4.92. The molecule has 2 saturated heterocycles. The van der Waals surface area contributed by atoms with Gasteiger partial charge in [-0.05, 0) is 12.1 Å². The van der Waals surface area contributed by atoms with E-state index in [9.17, 15) is 9.59 Å². The lowest BCUT2D eigenvalue weighted by atomic mass is 10.2. The predicted octanol–water partition coefficient (Wildman–Crippen LogP) is 1.25. The van der Waals surface area contributed by atoms with Crippen LogP contribution in [0.3, 0.4) is 0 Å². The van der Waals surface area contributed by atoms with Crippen LogP contribution >= 0.6 is 0 Å². The van der Waals surface area contributed by atoms with Crippen LogP contribution in [0.2, 0.25) is 0 Å². The Morgan fingerprint density at radius 2 is 2.05 bits per heavy atom. The summed E-state index contributed by atoms with van der Waals surface area (Å²) in [5.41, 5.74) is 0.544. The molecule has 0 aromatic heterocycles. The Hall–Kier alpha value is -2.08. The standard InChI is InChI=1S/C14H16N2O4/c1-19-10-5-3-4-9(6-10)16-13(17)12-7-11(20-2)8-15(12)14(16)18/h3-6,11-12H,7-8H2,1-2H3. The third-order valence-corrected chi connectivity index (χ3v) is 3.85. The highest BCUT2D eigenvalue weighted by Gasteiger charge is 2.51. The SMILES string of the molecule is COc1cccc(N2C(=O)C3CC(OC)CN3C2=O)c1. The van der Waals surface area contributed by atoms with Gasteiger partial charge in [-0.2, -0.15) is 0 Å². The van der Waals surface area contributed by atoms with E-state index in [1.807, 2.05) is 0 Å². The summed E-state index contributed by atoms with van der Waals surface area (Å²) in [4.78, 5) is 27.6. The first-order valence-corrected chi connectivity index (χ1v) is 6.47. The van der Waals surface area contributed by atoms with Crippen molar-refractivity contribution in [3.05, 3.63) is 24.3 Å². The summed E-state index contributed by atoms with van der Waals surface area (Å²) < 4.78 is 10.4. The maximum absolute atomic E-state index is 12.4. The molecule has 2 heterocycles. The van der Waals surface area contributed by atoms with E-state index < -0.39 is 6.04 Å². The van der Waals surface area contributed by atoms with E-state index in [1.54, 1.807) is 43.4 Å². The van der Waals surface area contributed by atoms with Gasteiger partial charge in [-0.15, -0.1) is 0 Å². The molecule has 0 bridgehead atoms. The highest BCUT2D eigenvalue weighted by atomic mass is 16.5. The van der Waals surface area contributed by atoms with Crippen LogP contribution in [0.1, 0.15) is 6.42 Å². The Morgan fingerprint density at radius 1 is 1.25 bits per heavy atom. The Balaban J connectivity index is 1.89. The van der Waals surface area contributed by atoms with E-state index in [2.05, 4.69) is 0 Å². The number of carbonyl (C=O) groups is 2. The van der Waals surface area contributed by atoms with Gasteiger partial charge in [0.2, 0.25) is 0 Å². The highest BCUT2D eigenvalue weighted by Crippen LogP contribution is 2.33. The summed E-state index contributed by atoms with van der Waals surface area (Å²) >= 11 is 0. The van der Waals surface area contributed by atoms with Crippen molar-refractivity contribution < 1.29 is 19.1 Å². The fourth-order valence-electron chi connectivity index (χ4n) is 2.77. The minimum absolute atomic E-state index is 0.0552. The van der Waals surface area contributed by atoms with E-state index in [1.165, 1.54) is 4.90 Å². The molecule has 0 spiro atoms. The zero-order valence-corrected chi connectivity index (χ0v) is 11.4. The molecule has 0 N–H and O–H groups in total. The average Bonchev–Trinajstić information content (AvgIpc) is 3.00. The van der Waals surface area contributed by atoms with Crippen LogP contribution in [-0.2, 0) is 9.53 Å². The number of urea groups is 1. The van der Waals surface area contributed by atoms with E-state index in [0.29, 0.717) is 24.4 Å². The van der Waals surface area contributed by atoms with Gasteiger partial charge < -0.3 is 14.4 Å². The molecule has 6 heteroatoms. The smallest absolute Gasteiger partial charge is 0.332 e. The van der Waals surface area contributed by atoms with Crippen LogP contribution < -0.4 is 9.64 Å². The van der Waals surface area contributed by atoms with E-state index in [-0.39, 0.29) is 18.0 Å². The van der Waals surface area contributed by atoms with Crippen molar-refractivity contribution in [1.29, 1.82) is 0 Å². The van der Waals surface area contributed by atoms with E-state index in [0.717, 1.165) is 0 Å². The van der Waals surface area contributed by atoms with Gasteiger partial charge in [-0.3, -0.25) is 4.79 Å². The van der Waals surface area contributed by atoms with Crippen LogP contribution in [0.4, 0.5) is 10.5 Å². The van der Waals surface area contributed by atoms with Crippen molar-refractivity contribution in [2.24, 2.45) is 0 Å². The number of methoxy groups -OCH3 is 2. The third kappa shape index (κ3) is 1.84. The number of hydrogen-bond acceptors (Lipinski definition) is 4. The monoisotopic (exact) mass is 276 g/mol. The van der Waals surface area contributed by atoms with Crippen molar-refractivity contribution in [3.8, 4) is 5.75 Å². The van der Waals surface area contributed by atoms with Crippen LogP contribution in [0.15, 0.2) is 24.3 Å². The van der Waals surface area contributed by atoms with Crippen molar-refractivity contribution in [3.63, 3.8) is 0 Å². The molecule has 106 valence electrons. The number of fused-ring (bicyclic) bond motifs is 1. The molecule has 0 radical (unpaired) electrons. The normalized spacial score (nSPS) is 25.3. The van der Waals surface area contributed by atoms with E-state index >= 15 is 0 Å². The molecule has 1 aromatic rings. The Bertz CT molecular complexity index is 536. The molecule has 1 aromatic carbocycles. The summed E-state index contributed by atoms with van der Waals surface area (Å²) in [7, 11) is 3.15. The zero-order valence-electron chi connectivity index (χ0n) is 11.4. The molecule has 6 nitrogen and oxygen atoms in total. The fourth-order valence-corrected chi connectivity index (χ4v) is 2.77. The van der Waals surface area contributed by atoms with Crippen molar-refractivity contribution >= 4 is 17.6 Å². The lowest BCUT2D eigenvalue weighted by Crippen LogP contribution is -2.35. The van der Waals surface area contributed by atoms with Gasteiger partial charge in [-0.25, -0.2) is 9.69 Å². The molecule has 2 aliphatic rings. The maximum atomic E-state index is 12.4. The molecule has 2 aliphatic heterocycles.